The molecule has 0 aromatic carbocycles. The average Bonchev–Trinajstić information content (AvgIpc) is 2.54. The summed E-state index contributed by atoms with van der Waals surface area (Å²) in [6.07, 6.45) is 5.15. The third-order valence-electron chi connectivity index (χ3n) is 2.79. The monoisotopic (exact) mass is 181 g/mol. The van der Waals surface area contributed by atoms with Crippen LogP contribution in [0.4, 0.5) is 0 Å². The Bertz CT molecular complexity index is 297. The van der Waals surface area contributed by atoms with Crippen LogP contribution >= 0.6 is 0 Å². The number of H-pyrrole nitrogens is 1. The summed E-state index contributed by atoms with van der Waals surface area (Å²) in [5.41, 5.74) is 6.77. The van der Waals surface area contributed by atoms with Crippen LogP contribution < -0.4 is 5.73 Å². The molecule has 1 aliphatic carbocycles. The number of hydrogen-bond donors (Lipinski definition) is 3. The fourth-order valence-corrected chi connectivity index (χ4v) is 2.10. The summed E-state index contributed by atoms with van der Waals surface area (Å²) in [5, 5.41) is 17.1. The SMILES string of the molecule is NCCC1(O)CCCc2[nH]ncc21. The zero-order valence-electron chi connectivity index (χ0n) is 7.58. The predicted octanol–water partition coefficient (Wildman–Crippen LogP) is 0.282. The lowest BCUT2D eigenvalue weighted by Gasteiger charge is -2.31. The van der Waals surface area contributed by atoms with Crippen LogP contribution in [0.3, 0.4) is 0 Å². The Hall–Kier alpha value is -0.870. The van der Waals surface area contributed by atoms with Crippen molar-refractivity contribution in [1.29, 1.82) is 0 Å². The Labute approximate surface area is 77.1 Å². The number of aromatic nitrogens is 2. The van der Waals surface area contributed by atoms with E-state index in [0.29, 0.717) is 13.0 Å². The average molecular weight is 181 g/mol. The van der Waals surface area contributed by atoms with Crippen molar-refractivity contribution in [3.8, 4) is 0 Å². The number of nitrogens with one attached hydrogen (secondary N) is 1. The van der Waals surface area contributed by atoms with Crippen LogP contribution in [-0.4, -0.2) is 21.8 Å². The largest absolute Gasteiger partial charge is 0.385 e. The first-order valence-corrected chi connectivity index (χ1v) is 4.71. The second-order valence-corrected chi connectivity index (χ2v) is 3.69. The number of fused-ring (bicyclic) bond motifs is 1. The van der Waals surface area contributed by atoms with Crippen molar-refractivity contribution in [3.63, 3.8) is 0 Å². The molecule has 2 rings (SSSR count). The van der Waals surface area contributed by atoms with Crippen LogP contribution in [0, 0.1) is 0 Å². The lowest BCUT2D eigenvalue weighted by Crippen LogP contribution is -2.32. The van der Waals surface area contributed by atoms with Gasteiger partial charge in [0.05, 0.1) is 11.8 Å². The van der Waals surface area contributed by atoms with E-state index in [0.717, 1.165) is 30.5 Å². The normalized spacial score (nSPS) is 27.2. The summed E-state index contributed by atoms with van der Waals surface area (Å²) >= 11 is 0. The molecular weight excluding hydrogens is 166 g/mol. The minimum absolute atomic E-state index is 0.515. The fourth-order valence-electron chi connectivity index (χ4n) is 2.10. The number of aromatic amines is 1. The van der Waals surface area contributed by atoms with Crippen LogP contribution in [0.2, 0.25) is 0 Å². The van der Waals surface area contributed by atoms with Crippen molar-refractivity contribution in [2.75, 3.05) is 6.54 Å². The van der Waals surface area contributed by atoms with Crippen molar-refractivity contribution in [2.24, 2.45) is 5.73 Å². The van der Waals surface area contributed by atoms with Gasteiger partial charge in [-0.15, -0.1) is 0 Å². The van der Waals surface area contributed by atoms with E-state index in [4.69, 9.17) is 5.73 Å². The minimum atomic E-state index is -0.727. The van der Waals surface area contributed by atoms with Gasteiger partial charge in [0.1, 0.15) is 0 Å². The van der Waals surface area contributed by atoms with E-state index in [1.165, 1.54) is 0 Å². The molecule has 0 saturated carbocycles. The van der Waals surface area contributed by atoms with Gasteiger partial charge >= 0.3 is 0 Å². The highest BCUT2D eigenvalue weighted by atomic mass is 16.3. The smallest absolute Gasteiger partial charge is 0.0941 e. The molecule has 0 amide bonds. The molecule has 0 radical (unpaired) electrons. The topological polar surface area (TPSA) is 74.9 Å². The number of aryl methyl sites for hydroxylation is 1. The first kappa shape index (κ1) is 8.72. The van der Waals surface area contributed by atoms with E-state index in [1.807, 2.05) is 0 Å². The quantitative estimate of drug-likeness (QED) is 0.613. The van der Waals surface area contributed by atoms with Crippen LogP contribution in [0.1, 0.15) is 30.5 Å². The number of hydrogen-bond acceptors (Lipinski definition) is 3. The summed E-state index contributed by atoms with van der Waals surface area (Å²) in [6, 6.07) is 0. The van der Waals surface area contributed by atoms with Crippen molar-refractivity contribution in [3.05, 3.63) is 17.5 Å². The Morgan fingerprint density at radius 1 is 1.69 bits per heavy atom. The molecule has 1 heterocycles. The molecule has 1 aromatic heterocycles. The van der Waals surface area contributed by atoms with E-state index in [2.05, 4.69) is 10.2 Å². The van der Waals surface area contributed by atoms with Gasteiger partial charge in [-0.1, -0.05) is 0 Å². The number of nitrogens with zero attached hydrogens (tertiary/aromatic N) is 1. The second kappa shape index (κ2) is 3.12. The summed E-state index contributed by atoms with van der Waals surface area (Å²) in [4.78, 5) is 0. The van der Waals surface area contributed by atoms with Gasteiger partial charge in [-0.2, -0.15) is 5.10 Å². The molecule has 4 nitrogen and oxygen atoms in total. The molecule has 0 saturated heterocycles. The predicted molar refractivity (Wildman–Crippen MR) is 49.1 cm³/mol. The molecule has 0 spiro atoms. The van der Waals surface area contributed by atoms with E-state index >= 15 is 0 Å². The maximum Gasteiger partial charge on any atom is 0.0941 e. The molecule has 1 aliphatic rings. The second-order valence-electron chi connectivity index (χ2n) is 3.69. The van der Waals surface area contributed by atoms with Gasteiger partial charge in [0.15, 0.2) is 0 Å². The van der Waals surface area contributed by atoms with Gasteiger partial charge < -0.3 is 10.8 Å². The van der Waals surface area contributed by atoms with Crippen molar-refractivity contribution >= 4 is 0 Å². The summed E-state index contributed by atoms with van der Waals surface area (Å²) in [5.74, 6) is 0. The Morgan fingerprint density at radius 2 is 2.54 bits per heavy atom. The third-order valence-corrected chi connectivity index (χ3v) is 2.79. The first-order valence-electron chi connectivity index (χ1n) is 4.71. The van der Waals surface area contributed by atoms with Crippen LogP contribution in [0.5, 0.6) is 0 Å². The standard InChI is InChI=1S/C9H15N3O/c10-5-4-9(13)3-1-2-8-7(9)6-11-12-8/h6,13H,1-5,10H2,(H,11,12). The molecule has 72 valence electrons. The van der Waals surface area contributed by atoms with Gasteiger partial charge in [-0.3, -0.25) is 5.10 Å². The highest BCUT2D eigenvalue weighted by molar-refractivity contribution is 5.26. The van der Waals surface area contributed by atoms with Crippen molar-refractivity contribution in [1.82, 2.24) is 10.2 Å². The molecule has 0 fully saturated rings. The number of nitrogens with two attached hydrogens (primary N) is 1. The summed E-state index contributed by atoms with van der Waals surface area (Å²) in [7, 11) is 0. The zero-order valence-corrected chi connectivity index (χ0v) is 7.58. The van der Waals surface area contributed by atoms with Crippen LogP contribution in [-0.2, 0) is 12.0 Å². The van der Waals surface area contributed by atoms with E-state index in [1.54, 1.807) is 6.20 Å². The van der Waals surface area contributed by atoms with Crippen molar-refractivity contribution in [2.45, 2.75) is 31.3 Å². The third kappa shape index (κ3) is 1.36. The molecule has 1 aromatic rings. The maximum absolute atomic E-state index is 10.3. The molecule has 1 unspecified atom stereocenters. The van der Waals surface area contributed by atoms with Gasteiger partial charge in [0, 0.05) is 11.3 Å². The number of rotatable bonds is 2. The Morgan fingerprint density at radius 3 is 3.31 bits per heavy atom. The summed E-state index contributed by atoms with van der Waals surface area (Å²) in [6.45, 7) is 0.515. The number of aliphatic hydroxyl groups is 1. The van der Waals surface area contributed by atoms with Crippen LogP contribution in [0.25, 0.3) is 0 Å². The highest BCUT2D eigenvalue weighted by Crippen LogP contribution is 2.36. The minimum Gasteiger partial charge on any atom is -0.385 e. The maximum atomic E-state index is 10.3. The molecule has 4 N–H and O–H groups in total. The van der Waals surface area contributed by atoms with Gasteiger partial charge in [0.2, 0.25) is 0 Å². The lowest BCUT2D eigenvalue weighted by molar-refractivity contribution is 0.0125. The lowest BCUT2D eigenvalue weighted by atomic mass is 9.81. The molecule has 0 aliphatic heterocycles. The molecular formula is C9H15N3O. The molecule has 4 heteroatoms. The highest BCUT2D eigenvalue weighted by Gasteiger charge is 2.34. The van der Waals surface area contributed by atoms with Gasteiger partial charge in [-0.25, -0.2) is 0 Å². The van der Waals surface area contributed by atoms with E-state index in [-0.39, 0.29) is 0 Å². The van der Waals surface area contributed by atoms with Crippen molar-refractivity contribution < 1.29 is 5.11 Å². The fraction of sp³-hybridized carbons (Fsp3) is 0.667. The zero-order chi connectivity index (χ0) is 9.31. The van der Waals surface area contributed by atoms with Gasteiger partial charge in [0.25, 0.3) is 0 Å². The first-order chi connectivity index (χ1) is 6.26. The van der Waals surface area contributed by atoms with Gasteiger partial charge in [-0.05, 0) is 32.2 Å². The van der Waals surface area contributed by atoms with E-state index < -0.39 is 5.60 Å². The van der Waals surface area contributed by atoms with Crippen LogP contribution in [0.15, 0.2) is 6.20 Å². The Balaban J connectivity index is 2.33. The Kier molecular flexibility index (Phi) is 2.09. The molecule has 13 heavy (non-hydrogen) atoms. The molecule has 0 bridgehead atoms. The molecule has 1 atom stereocenters. The summed E-state index contributed by atoms with van der Waals surface area (Å²) < 4.78 is 0. The van der Waals surface area contributed by atoms with E-state index in [9.17, 15) is 5.11 Å².